The number of halogens is 2. The van der Waals surface area contributed by atoms with Crippen LogP contribution in [0.5, 0.6) is 5.75 Å². The van der Waals surface area contributed by atoms with Crippen LogP contribution in [-0.2, 0) is 26.2 Å². The van der Waals surface area contributed by atoms with Gasteiger partial charge < -0.3 is 15.0 Å². The Bertz CT molecular complexity index is 1400. The summed E-state index contributed by atoms with van der Waals surface area (Å²) in [6.07, 6.45) is 0. The van der Waals surface area contributed by atoms with Crippen LogP contribution in [0.2, 0.25) is 5.02 Å². The number of carbonyl (C=O) groups is 2. The highest BCUT2D eigenvalue weighted by Gasteiger charge is 2.33. The van der Waals surface area contributed by atoms with Gasteiger partial charge in [0, 0.05) is 23.1 Å². The van der Waals surface area contributed by atoms with Crippen molar-refractivity contribution in [2.45, 2.75) is 31.3 Å². The molecule has 0 aromatic heterocycles. The Balaban J connectivity index is 2.10. The fourth-order valence-electron chi connectivity index (χ4n) is 3.79. The SMILES string of the molecule is CNC(=O)C(C)N(Cc1ccc(Br)cc1)C(=O)CN(c1cc(Cl)ccc1OC)S(=O)(=O)c1ccc(C)cc1. The van der Waals surface area contributed by atoms with E-state index in [1.807, 2.05) is 31.2 Å². The van der Waals surface area contributed by atoms with Gasteiger partial charge in [-0.25, -0.2) is 8.42 Å². The highest BCUT2D eigenvalue weighted by molar-refractivity contribution is 9.10. The number of amides is 2. The molecule has 0 spiro atoms. The fourth-order valence-corrected chi connectivity index (χ4v) is 5.63. The van der Waals surface area contributed by atoms with Crippen LogP contribution in [0, 0.1) is 6.92 Å². The van der Waals surface area contributed by atoms with Gasteiger partial charge in [0.05, 0.1) is 17.7 Å². The van der Waals surface area contributed by atoms with Crippen LogP contribution >= 0.6 is 27.5 Å². The summed E-state index contributed by atoms with van der Waals surface area (Å²) in [5.74, 6) is -0.748. The Hall–Kier alpha value is -3.08. The molecule has 0 heterocycles. The Morgan fingerprint density at radius 3 is 2.26 bits per heavy atom. The van der Waals surface area contributed by atoms with E-state index in [0.29, 0.717) is 0 Å². The van der Waals surface area contributed by atoms with Gasteiger partial charge in [-0.1, -0.05) is 57.4 Å². The molecule has 3 aromatic rings. The molecule has 3 rings (SSSR count). The Morgan fingerprint density at radius 1 is 1.05 bits per heavy atom. The molecule has 0 saturated carbocycles. The number of rotatable bonds is 10. The van der Waals surface area contributed by atoms with Gasteiger partial charge in [0.15, 0.2) is 0 Å². The molecular weight excluding hydrogens is 594 g/mol. The molecule has 1 unspecified atom stereocenters. The number of hydrogen-bond acceptors (Lipinski definition) is 5. The number of hydrogen-bond donors (Lipinski definition) is 1. The van der Waals surface area contributed by atoms with Crippen molar-refractivity contribution in [3.05, 3.63) is 87.4 Å². The zero-order chi connectivity index (χ0) is 28.0. The minimum Gasteiger partial charge on any atom is -0.495 e. The van der Waals surface area contributed by atoms with E-state index in [9.17, 15) is 18.0 Å². The highest BCUT2D eigenvalue weighted by atomic mass is 79.9. The van der Waals surface area contributed by atoms with E-state index in [1.54, 1.807) is 25.1 Å². The third-order valence-electron chi connectivity index (χ3n) is 5.98. The fraction of sp³-hybridized carbons (Fsp3) is 0.259. The third-order valence-corrected chi connectivity index (χ3v) is 8.52. The maximum Gasteiger partial charge on any atom is 0.264 e. The molecule has 38 heavy (non-hydrogen) atoms. The quantitative estimate of drug-likeness (QED) is 0.351. The Morgan fingerprint density at radius 2 is 1.68 bits per heavy atom. The molecule has 3 aromatic carbocycles. The van der Waals surface area contributed by atoms with E-state index in [0.717, 1.165) is 19.9 Å². The molecule has 11 heteroatoms. The molecule has 0 aliphatic carbocycles. The largest absolute Gasteiger partial charge is 0.495 e. The number of benzene rings is 3. The van der Waals surface area contributed by atoms with Crippen LogP contribution in [0.25, 0.3) is 0 Å². The van der Waals surface area contributed by atoms with Crippen molar-refractivity contribution in [1.29, 1.82) is 0 Å². The average Bonchev–Trinajstić information content (AvgIpc) is 2.90. The number of sulfonamides is 1. The molecule has 0 aliphatic rings. The van der Waals surface area contributed by atoms with Gasteiger partial charge in [0.2, 0.25) is 11.8 Å². The molecule has 0 fully saturated rings. The molecule has 1 atom stereocenters. The van der Waals surface area contributed by atoms with E-state index in [1.165, 1.54) is 43.3 Å². The predicted molar refractivity (Wildman–Crippen MR) is 152 cm³/mol. The normalized spacial score (nSPS) is 11.9. The molecule has 0 aliphatic heterocycles. The van der Waals surface area contributed by atoms with Crippen LogP contribution in [-0.4, -0.2) is 51.9 Å². The second-order valence-corrected chi connectivity index (χ2v) is 11.8. The number of ether oxygens (including phenoxy) is 1. The summed E-state index contributed by atoms with van der Waals surface area (Å²) in [6, 6.07) is 17.3. The number of carbonyl (C=O) groups excluding carboxylic acids is 2. The minimum absolute atomic E-state index is 0.00302. The molecule has 0 saturated heterocycles. The molecule has 1 N–H and O–H groups in total. The summed E-state index contributed by atoms with van der Waals surface area (Å²) >= 11 is 9.63. The van der Waals surface area contributed by atoms with Gasteiger partial charge in [-0.3, -0.25) is 13.9 Å². The maximum absolute atomic E-state index is 13.9. The summed E-state index contributed by atoms with van der Waals surface area (Å²) < 4.78 is 35.1. The van der Waals surface area contributed by atoms with Crippen LogP contribution in [0.3, 0.4) is 0 Å². The number of methoxy groups -OCH3 is 1. The molecule has 8 nitrogen and oxygen atoms in total. The number of nitrogens with zero attached hydrogens (tertiary/aromatic N) is 2. The first-order chi connectivity index (χ1) is 18.0. The van der Waals surface area contributed by atoms with Crippen molar-refractivity contribution in [2.24, 2.45) is 0 Å². The monoisotopic (exact) mass is 621 g/mol. The Labute approximate surface area is 236 Å². The topological polar surface area (TPSA) is 96.0 Å². The standard InChI is InChI=1S/C27H29BrClN3O5S/c1-18-5-12-23(13-6-18)38(35,36)32(24-15-22(29)11-14-25(24)37-4)17-26(33)31(19(2)27(34)30-3)16-20-7-9-21(28)10-8-20/h5-15,19H,16-17H2,1-4H3,(H,30,34). The summed E-state index contributed by atoms with van der Waals surface area (Å²) in [4.78, 5) is 27.7. The number of aryl methyl sites for hydroxylation is 1. The van der Waals surface area contributed by atoms with E-state index < -0.39 is 28.5 Å². The summed E-state index contributed by atoms with van der Waals surface area (Å²) in [5.41, 5.74) is 1.75. The van der Waals surface area contributed by atoms with Gasteiger partial charge in [-0.2, -0.15) is 0 Å². The first-order valence-electron chi connectivity index (χ1n) is 11.7. The van der Waals surface area contributed by atoms with E-state index in [4.69, 9.17) is 16.3 Å². The average molecular weight is 623 g/mol. The van der Waals surface area contributed by atoms with Crippen molar-refractivity contribution in [3.63, 3.8) is 0 Å². The number of nitrogens with one attached hydrogen (secondary N) is 1. The van der Waals surface area contributed by atoms with Gasteiger partial charge in [-0.15, -0.1) is 0 Å². The second-order valence-electron chi connectivity index (χ2n) is 8.58. The molecule has 0 bridgehead atoms. The van der Waals surface area contributed by atoms with Gasteiger partial charge in [0.25, 0.3) is 10.0 Å². The molecule has 0 radical (unpaired) electrons. The maximum atomic E-state index is 13.9. The lowest BCUT2D eigenvalue weighted by Crippen LogP contribution is -2.50. The summed E-state index contributed by atoms with van der Waals surface area (Å²) in [7, 11) is -1.36. The molecule has 202 valence electrons. The van der Waals surface area contributed by atoms with Crippen molar-refractivity contribution >= 4 is 55.1 Å². The summed E-state index contributed by atoms with van der Waals surface area (Å²) in [6.45, 7) is 2.93. The van der Waals surface area contributed by atoms with Crippen LogP contribution < -0.4 is 14.4 Å². The lowest BCUT2D eigenvalue weighted by Gasteiger charge is -2.32. The zero-order valence-electron chi connectivity index (χ0n) is 21.4. The van der Waals surface area contributed by atoms with Crippen LogP contribution in [0.1, 0.15) is 18.1 Å². The lowest BCUT2D eigenvalue weighted by molar-refractivity contribution is -0.139. The van der Waals surface area contributed by atoms with Gasteiger partial charge in [-0.05, 0) is 61.9 Å². The summed E-state index contributed by atoms with van der Waals surface area (Å²) in [5, 5.41) is 2.82. The van der Waals surface area contributed by atoms with Gasteiger partial charge >= 0.3 is 0 Å². The van der Waals surface area contributed by atoms with Crippen LogP contribution in [0.15, 0.2) is 76.1 Å². The highest BCUT2D eigenvalue weighted by Crippen LogP contribution is 2.35. The molecular formula is C27H29BrClN3O5S. The first-order valence-corrected chi connectivity index (χ1v) is 14.3. The second kappa shape index (κ2) is 12.6. The van der Waals surface area contributed by atoms with E-state index in [2.05, 4.69) is 21.2 Å². The first kappa shape index (κ1) is 29.5. The molecule has 2 amide bonds. The minimum atomic E-state index is -4.24. The van der Waals surface area contributed by atoms with Crippen LogP contribution in [0.4, 0.5) is 5.69 Å². The van der Waals surface area contributed by atoms with Crippen molar-refractivity contribution in [3.8, 4) is 5.75 Å². The van der Waals surface area contributed by atoms with E-state index in [-0.39, 0.29) is 33.8 Å². The third kappa shape index (κ3) is 6.86. The number of likely N-dealkylation sites (N-methyl/N-ethyl adjacent to an activating group) is 1. The van der Waals surface area contributed by atoms with Crippen molar-refractivity contribution in [1.82, 2.24) is 10.2 Å². The van der Waals surface area contributed by atoms with Crippen molar-refractivity contribution in [2.75, 3.05) is 25.0 Å². The Kier molecular flexibility index (Phi) is 9.81. The number of anilines is 1. The van der Waals surface area contributed by atoms with Crippen molar-refractivity contribution < 1.29 is 22.7 Å². The zero-order valence-corrected chi connectivity index (χ0v) is 24.6. The lowest BCUT2D eigenvalue weighted by atomic mass is 10.1. The van der Waals surface area contributed by atoms with E-state index >= 15 is 0 Å². The smallest absolute Gasteiger partial charge is 0.264 e. The van der Waals surface area contributed by atoms with Gasteiger partial charge in [0.1, 0.15) is 18.3 Å². The predicted octanol–water partition coefficient (Wildman–Crippen LogP) is 4.78.